The van der Waals surface area contributed by atoms with Crippen molar-refractivity contribution in [1.29, 1.82) is 5.26 Å². The van der Waals surface area contributed by atoms with Gasteiger partial charge >= 0.3 is 0 Å². The van der Waals surface area contributed by atoms with E-state index in [4.69, 9.17) is 10.7 Å². The van der Waals surface area contributed by atoms with Crippen LogP contribution in [-0.2, 0) is 6.54 Å². The van der Waals surface area contributed by atoms with Gasteiger partial charge in [-0.25, -0.2) is 24.6 Å². The summed E-state index contributed by atoms with van der Waals surface area (Å²) in [7, 11) is 0. The van der Waals surface area contributed by atoms with Gasteiger partial charge in [-0.1, -0.05) is 24.3 Å². The van der Waals surface area contributed by atoms with Crippen LogP contribution in [0.4, 0.5) is 5.95 Å². The van der Waals surface area contributed by atoms with E-state index in [0.29, 0.717) is 51.1 Å². The van der Waals surface area contributed by atoms with Crippen LogP contribution in [0.15, 0.2) is 67.3 Å². The van der Waals surface area contributed by atoms with Gasteiger partial charge in [-0.3, -0.25) is 4.98 Å². The maximum absolute atomic E-state index is 9.70. The summed E-state index contributed by atoms with van der Waals surface area (Å²) < 4.78 is 2.99. The van der Waals surface area contributed by atoms with E-state index in [2.05, 4.69) is 46.6 Å². The molecule has 0 aliphatic carbocycles. The van der Waals surface area contributed by atoms with Crippen molar-refractivity contribution in [3.8, 4) is 40.1 Å². The van der Waals surface area contributed by atoms with Gasteiger partial charge in [0.05, 0.1) is 28.6 Å². The van der Waals surface area contributed by atoms with Crippen molar-refractivity contribution in [3.63, 3.8) is 0 Å². The van der Waals surface area contributed by atoms with Gasteiger partial charge in [0.2, 0.25) is 11.8 Å². The number of aromatic nitrogens is 11. The lowest BCUT2D eigenvalue weighted by Gasteiger charge is -2.12. The average Bonchev–Trinajstić information content (AvgIpc) is 3.57. The number of hydrogen-bond acceptors (Lipinski definition) is 11. The summed E-state index contributed by atoms with van der Waals surface area (Å²) in [5.74, 6) is 0.972. The molecule has 0 radical (unpaired) electrons. The molecule has 2 N–H and O–H groups in total. The summed E-state index contributed by atoms with van der Waals surface area (Å²) in [4.78, 5) is 22.1. The van der Waals surface area contributed by atoms with E-state index >= 15 is 0 Å². The predicted octanol–water partition coefficient (Wildman–Crippen LogP) is 1.80. The molecule has 0 saturated heterocycles. The number of benzene rings is 1. The van der Waals surface area contributed by atoms with E-state index in [1.54, 1.807) is 41.3 Å². The van der Waals surface area contributed by atoms with Crippen molar-refractivity contribution >= 4 is 11.6 Å². The van der Waals surface area contributed by atoms with Crippen LogP contribution in [0, 0.1) is 11.3 Å². The number of tetrazole rings is 1. The molecule has 0 bridgehead atoms. The molecule has 0 aliphatic heterocycles. The smallest absolute Gasteiger partial charge is 0.223 e. The number of nitrogens with two attached hydrogens (primary N) is 1. The van der Waals surface area contributed by atoms with E-state index < -0.39 is 0 Å². The largest absolute Gasteiger partial charge is 0.368 e. The molecule has 0 aliphatic rings. The molecule has 5 heterocycles. The summed E-state index contributed by atoms with van der Waals surface area (Å²) in [5, 5.41) is 26.2. The molecule has 0 amide bonds. The van der Waals surface area contributed by atoms with Gasteiger partial charge in [-0.2, -0.15) is 9.78 Å². The van der Waals surface area contributed by atoms with Crippen LogP contribution >= 0.6 is 0 Å². The van der Waals surface area contributed by atoms with Crippen LogP contribution in [0.1, 0.15) is 11.4 Å². The Morgan fingerprint density at radius 1 is 0.944 bits per heavy atom. The number of nitrogen functional groups attached to an aromatic ring is 1. The minimum absolute atomic E-state index is 0.103. The second-order valence-corrected chi connectivity index (χ2v) is 7.58. The molecule has 1 aromatic carbocycles. The van der Waals surface area contributed by atoms with Crippen molar-refractivity contribution in [2.75, 3.05) is 5.73 Å². The molecular formula is C23H15N13. The molecule has 6 rings (SSSR count). The topological polar surface area (TPSA) is 175 Å². The molecule has 6 aromatic rings. The third-order valence-corrected chi connectivity index (χ3v) is 5.41. The Labute approximate surface area is 203 Å². The van der Waals surface area contributed by atoms with Gasteiger partial charge < -0.3 is 5.73 Å². The maximum atomic E-state index is 9.70. The summed E-state index contributed by atoms with van der Waals surface area (Å²) in [5.41, 5.74) is 9.98. The molecule has 36 heavy (non-hydrogen) atoms. The molecule has 0 atom stereocenters. The number of pyridine rings is 1. The lowest BCUT2D eigenvalue weighted by molar-refractivity contribution is 0.627. The number of nitriles is 1. The summed E-state index contributed by atoms with van der Waals surface area (Å²) in [6, 6.07) is 16.6. The van der Waals surface area contributed by atoms with Gasteiger partial charge in [-0.05, 0) is 34.7 Å². The Kier molecular flexibility index (Phi) is 5.01. The van der Waals surface area contributed by atoms with Gasteiger partial charge in [-0.15, -0.1) is 10.2 Å². The predicted molar refractivity (Wildman–Crippen MR) is 127 cm³/mol. The molecule has 0 fully saturated rings. The fraction of sp³-hybridized carbons (Fsp3) is 0.0435. The van der Waals surface area contributed by atoms with Crippen LogP contribution in [0.2, 0.25) is 0 Å². The molecule has 13 heteroatoms. The normalized spacial score (nSPS) is 11.0. The lowest BCUT2D eigenvalue weighted by atomic mass is 9.99. The third kappa shape index (κ3) is 3.55. The van der Waals surface area contributed by atoms with Gasteiger partial charge in [0.15, 0.2) is 11.5 Å². The number of nitrogens with zero attached hydrogens (tertiary/aromatic N) is 12. The first-order valence-corrected chi connectivity index (χ1v) is 10.7. The second kappa shape index (κ2) is 8.61. The summed E-state index contributed by atoms with van der Waals surface area (Å²) in [6.07, 6.45) is 4.71. The molecule has 5 aromatic heterocycles. The average molecular weight is 473 g/mol. The molecular weight excluding hydrogens is 458 g/mol. The van der Waals surface area contributed by atoms with Crippen LogP contribution in [0.5, 0.6) is 0 Å². The Hall–Kier alpha value is -5.64. The molecule has 0 unspecified atom stereocenters. The first-order valence-electron chi connectivity index (χ1n) is 10.7. The SMILES string of the molecule is N#Cc1ccccc1-c1nc(N)n2nc(Cn3nnnc3-c3ccccn3)nc2c1-c1ccncn1. The minimum Gasteiger partial charge on any atom is -0.368 e. The maximum Gasteiger partial charge on any atom is 0.223 e. The van der Waals surface area contributed by atoms with Crippen molar-refractivity contribution in [3.05, 3.63) is 78.6 Å². The zero-order valence-electron chi connectivity index (χ0n) is 18.5. The van der Waals surface area contributed by atoms with Crippen LogP contribution < -0.4 is 5.73 Å². The Balaban J connectivity index is 1.54. The number of anilines is 1. The molecule has 0 spiro atoms. The van der Waals surface area contributed by atoms with E-state index in [9.17, 15) is 5.26 Å². The van der Waals surface area contributed by atoms with E-state index in [1.807, 2.05) is 24.3 Å². The highest BCUT2D eigenvalue weighted by Gasteiger charge is 2.23. The summed E-state index contributed by atoms with van der Waals surface area (Å²) in [6.45, 7) is 0.160. The van der Waals surface area contributed by atoms with E-state index in [0.717, 1.165) is 0 Å². The minimum atomic E-state index is 0.103. The zero-order chi connectivity index (χ0) is 24.5. The zero-order valence-corrected chi connectivity index (χ0v) is 18.5. The van der Waals surface area contributed by atoms with Crippen LogP contribution in [0.25, 0.3) is 39.7 Å². The third-order valence-electron chi connectivity index (χ3n) is 5.41. The van der Waals surface area contributed by atoms with Crippen molar-refractivity contribution < 1.29 is 0 Å². The monoisotopic (exact) mass is 473 g/mol. The van der Waals surface area contributed by atoms with Crippen LogP contribution in [-0.4, -0.2) is 54.7 Å². The second-order valence-electron chi connectivity index (χ2n) is 7.58. The Morgan fingerprint density at radius 2 is 1.83 bits per heavy atom. The van der Waals surface area contributed by atoms with Crippen LogP contribution in [0.3, 0.4) is 0 Å². The molecule has 172 valence electrons. The van der Waals surface area contributed by atoms with Crippen molar-refractivity contribution in [1.82, 2.24) is 54.7 Å². The first-order chi connectivity index (χ1) is 17.7. The highest BCUT2D eigenvalue weighted by atomic mass is 15.5. The Morgan fingerprint density at radius 3 is 2.64 bits per heavy atom. The van der Waals surface area contributed by atoms with Crippen molar-refractivity contribution in [2.24, 2.45) is 0 Å². The van der Waals surface area contributed by atoms with Gasteiger partial charge in [0, 0.05) is 18.0 Å². The highest BCUT2D eigenvalue weighted by molar-refractivity contribution is 5.90. The fourth-order valence-corrected chi connectivity index (χ4v) is 3.85. The first kappa shape index (κ1) is 20.9. The highest BCUT2D eigenvalue weighted by Crippen LogP contribution is 2.35. The van der Waals surface area contributed by atoms with Gasteiger partial charge in [0.25, 0.3) is 0 Å². The molecule has 13 nitrogen and oxygen atoms in total. The standard InChI is InChI=1S/C23H15N13/c24-11-14-5-1-2-6-15(14)20-19(16-8-10-26-13-28-16)22-29-18(32-36(22)23(25)30-20)12-35-21(31-33-34-35)17-7-3-4-9-27-17/h1-10,13H,12H2,(H2,25,30). The Bertz CT molecular complexity index is 1730. The quantitative estimate of drug-likeness (QED) is 0.386. The lowest BCUT2D eigenvalue weighted by Crippen LogP contribution is -2.08. The number of fused-ring (bicyclic) bond motifs is 1. The van der Waals surface area contributed by atoms with Gasteiger partial charge in [0.1, 0.15) is 18.6 Å². The molecule has 0 saturated carbocycles. The van der Waals surface area contributed by atoms with E-state index in [-0.39, 0.29) is 12.5 Å². The summed E-state index contributed by atoms with van der Waals surface area (Å²) >= 11 is 0. The van der Waals surface area contributed by atoms with E-state index in [1.165, 1.54) is 10.8 Å². The number of rotatable bonds is 5. The van der Waals surface area contributed by atoms with Crippen molar-refractivity contribution in [2.45, 2.75) is 6.54 Å². The number of hydrogen-bond donors (Lipinski definition) is 1. The fourth-order valence-electron chi connectivity index (χ4n) is 3.85.